The monoisotopic (exact) mass is 300 g/mol. The Morgan fingerprint density at radius 2 is 2.20 bits per heavy atom. The first-order valence-corrected chi connectivity index (χ1v) is 6.79. The summed E-state index contributed by atoms with van der Waals surface area (Å²) in [6, 6.07) is 6.86. The molecule has 2 N–H and O–H groups in total. The zero-order valence-corrected chi connectivity index (χ0v) is 12.7. The van der Waals surface area contributed by atoms with Gasteiger partial charge in [0.15, 0.2) is 6.10 Å². The van der Waals surface area contributed by atoms with Crippen LogP contribution in [0.3, 0.4) is 0 Å². The highest BCUT2D eigenvalue weighted by Gasteiger charge is 2.16. The van der Waals surface area contributed by atoms with Crippen LogP contribution in [-0.4, -0.2) is 55.3 Å². The molecule has 2 unspecified atom stereocenters. The average molecular weight is 301 g/mol. The number of carbonyl (C=O) groups is 1. The number of benzene rings is 1. The van der Waals surface area contributed by atoms with Crippen LogP contribution in [-0.2, 0) is 4.79 Å². The van der Waals surface area contributed by atoms with Crippen LogP contribution in [0.1, 0.15) is 6.92 Å². The fourth-order valence-electron chi connectivity index (χ4n) is 1.65. The zero-order valence-electron chi connectivity index (χ0n) is 12.0. The molecule has 0 aromatic heterocycles. The molecule has 0 fully saturated rings. The second-order valence-electron chi connectivity index (χ2n) is 4.88. The summed E-state index contributed by atoms with van der Waals surface area (Å²) in [6.07, 6.45) is -1.26. The Bertz CT molecular complexity index is 440. The lowest BCUT2D eigenvalue weighted by molar-refractivity contribution is -0.127. The van der Waals surface area contributed by atoms with Crippen molar-refractivity contribution in [3.8, 4) is 5.75 Å². The Labute approximate surface area is 124 Å². The summed E-state index contributed by atoms with van der Waals surface area (Å²) in [5, 5.41) is 12.9. The van der Waals surface area contributed by atoms with E-state index in [4.69, 9.17) is 16.3 Å². The fourth-order valence-corrected chi connectivity index (χ4v) is 1.83. The van der Waals surface area contributed by atoms with Gasteiger partial charge in [0.2, 0.25) is 0 Å². The maximum absolute atomic E-state index is 11.8. The van der Waals surface area contributed by atoms with E-state index >= 15 is 0 Å². The number of halogens is 1. The van der Waals surface area contributed by atoms with Gasteiger partial charge in [-0.05, 0) is 39.2 Å². The van der Waals surface area contributed by atoms with E-state index < -0.39 is 12.2 Å². The molecule has 1 amide bonds. The number of aliphatic hydroxyl groups excluding tert-OH is 1. The second kappa shape index (κ2) is 8.09. The van der Waals surface area contributed by atoms with Crippen LogP contribution in [0.25, 0.3) is 0 Å². The van der Waals surface area contributed by atoms with Gasteiger partial charge in [-0.2, -0.15) is 0 Å². The van der Waals surface area contributed by atoms with Gasteiger partial charge in [0.05, 0.1) is 6.10 Å². The van der Waals surface area contributed by atoms with Crippen LogP contribution in [0.4, 0.5) is 0 Å². The van der Waals surface area contributed by atoms with Crippen molar-refractivity contribution in [2.75, 3.05) is 27.2 Å². The van der Waals surface area contributed by atoms with Crippen molar-refractivity contribution >= 4 is 17.5 Å². The molecule has 0 saturated heterocycles. The molecule has 1 aromatic carbocycles. The lowest BCUT2D eigenvalue weighted by Crippen LogP contribution is -2.42. The first-order valence-electron chi connectivity index (χ1n) is 6.41. The molecule has 112 valence electrons. The first-order chi connectivity index (χ1) is 9.38. The molecule has 0 aliphatic carbocycles. The quantitative estimate of drug-likeness (QED) is 0.793. The van der Waals surface area contributed by atoms with Crippen molar-refractivity contribution in [2.45, 2.75) is 19.1 Å². The number of ether oxygens (including phenoxy) is 1. The number of likely N-dealkylation sites (N-methyl/N-ethyl adjacent to an activating group) is 1. The van der Waals surface area contributed by atoms with E-state index in [9.17, 15) is 9.90 Å². The third kappa shape index (κ3) is 6.23. The fraction of sp³-hybridized carbons (Fsp3) is 0.500. The van der Waals surface area contributed by atoms with Crippen molar-refractivity contribution < 1.29 is 14.6 Å². The molecule has 0 heterocycles. The molecule has 6 heteroatoms. The molecule has 0 aliphatic heterocycles. The maximum Gasteiger partial charge on any atom is 0.260 e. The predicted octanol–water partition coefficient (Wildman–Crippen LogP) is 1.15. The van der Waals surface area contributed by atoms with E-state index in [-0.39, 0.29) is 12.5 Å². The first kappa shape index (κ1) is 16.8. The van der Waals surface area contributed by atoms with Crippen molar-refractivity contribution in [2.24, 2.45) is 0 Å². The second-order valence-corrected chi connectivity index (χ2v) is 5.32. The summed E-state index contributed by atoms with van der Waals surface area (Å²) in [4.78, 5) is 13.7. The molecular formula is C14H21ClN2O3. The van der Waals surface area contributed by atoms with Gasteiger partial charge < -0.3 is 20.1 Å². The van der Waals surface area contributed by atoms with Crippen LogP contribution < -0.4 is 10.1 Å². The topological polar surface area (TPSA) is 61.8 Å². The standard InChI is InChI=1S/C14H21ClN2O3/c1-10(20-13-6-4-5-11(15)7-13)14(19)16-8-12(18)9-17(2)3/h4-7,10,12,18H,8-9H2,1-3H3,(H,16,19). The molecule has 0 radical (unpaired) electrons. The van der Waals surface area contributed by atoms with E-state index in [1.165, 1.54) is 0 Å². The summed E-state index contributed by atoms with van der Waals surface area (Å²) >= 11 is 5.84. The molecule has 20 heavy (non-hydrogen) atoms. The van der Waals surface area contributed by atoms with Crippen LogP contribution in [0, 0.1) is 0 Å². The Morgan fingerprint density at radius 3 is 2.80 bits per heavy atom. The minimum atomic E-state index is -0.653. The number of carbonyl (C=O) groups excluding carboxylic acids is 1. The lowest BCUT2D eigenvalue weighted by Gasteiger charge is -2.18. The number of rotatable bonds is 7. The summed E-state index contributed by atoms with van der Waals surface area (Å²) in [7, 11) is 3.71. The van der Waals surface area contributed by atoms with Crippen molar-refractivity contribution in [1.82, 2.24) is 10.2 Å². The van der Waals surface area contributed by atoms with Gasteiger partial charge in [-0.1, -0.05) is 17.7 Å². The average Bonchev–Trinajstić information content (AvgIpc) is 2.35. The number of hydrogen-bond donors (Lipinski definition) is 2. The van der Waals surface area contributed by atoms with Crippen molar-refractivity contribution in [1.29, 1.82) is 0 Å². The molecule has 0 spiro atoms. The lowest BCUT2D eigenvalue weighted by atomic mass is 10.3. The highest BCUT2D eigenvalue weighted by molar-refractivity contribution is 6.30. The van der Waals surface area contributed by atoms with Crippen LogP contribution in [0.2, 0.25) is 5.02 Å². The third-order valence-corrected chi connectivity index (χ3v) is 2.80. The molecule has 1 aromatic rings. The SMILES string of the molecule is CC(Oc1cccc(Cl)c1)C(=O)NCC(O)CN(C)C. The number of amides is 1. The van der Waals surface area contributed by atoms with E-state index in [2.05, 4.69) is 5.32 Å². The van der Waals surface area contributed by atoms with Crippen LogP contribution >= 0.6 is 11.6 Å². The summed E-state index contributed by atoms with van der Waals surface area (Å²) in [6.45, 7) is 2.33. The van der Waals surface area contributed by atoms with Gasteiger partial charge in [-0.25, -0.2) is 0 Å². The van der Waals surface area contributed by atoms with Gasteiger partial charge in [-0.3, -0.25) is 4.79 Å². The Kier molecular flexibility index (Phi) is 6.78. The van der Waals surface area contributed by atoms with E-state index in [1.807, 2.05) is 19.0 Å². The summed E-state index contributed by atoms with van der Waals surface area (Å²) < 4.78 is 5.48. The van der Waals surface area contributed by atoms with Gasteiger partial charge in [0, 0.05) is 18.1 Å². The van der Waals surface area contributed by atoms with Gasteiger partial charge >= 0.3 is 0 Å². The Morgan fingerprint density at radius 1 is 1.50 bits per heavy atom. The largest absolute Gasteiger partial charge is 0.481 e. The molecular weight excluding hydrogens is 280 g/mol. The van der Waals surface area contributed by atoms with Crippen LogP contribution in [0.5, 0.6) is 5.75 Å². The molecule has 1 rings (SSSR count). The van der Waals surface area contributed by atoms with Crippen molar-refractivity contribution in [3.05, 3.63) is 29.3 Å². The number of aliphatic hydroxyl groups is 1. The molecule has 0 bridgehead atoms. The number of hydrogen-bond acceptors (Lipinski definition) is 4. The number of nitrogens with one attached hydrogen (secondary N) is 1. The minimum absolute atomic E-state index is 0.195. The van der Waals surface area contributed by atoms with Crippen molar-refractivity contribution in [3.63, 3.8) is 0 Å². The Hall–Kier alpha value is -1.30. The predicted molar refractivity (Wildman–Crippen MR) is 79.1 cm³/mol. The Balaban J connectivity index is 2.39. The van der Waals surface area contributed by atoms with Crippen LogP contribution in [0.15, 0.2) is 24.3 Å². The maximum atomic E-state index is 11.8. The highest BCUT2D eigenvalue weighted by atomic mass is 35.5. The van der Waals surface area contributed by atoms with Gasteiger partial charge in [-0.15, -0.1) is 0 Å². The molecule has 2 atom stereocenters. The van der Waals surface area contributed by atoms with E-state index in [1.54, 1.807) is 31.2 Å². The van der Waals surface area contributed by atoms with E-state index in [0.717, 1.165) is 0 Å². The third-order valence-electron chi connectivity index (χ3n) is 2.57. The smallest absolute Gasteiger partial charge is 0.260 e. The van der Waals surface area contributed by atoms with Gasteiger partial charge in [0.1, 0.15) is 5.75 Å². The molecule has 5 nitrogen and oxygen atoms in total. The summed E-state index contributed by atoms with van der Waals surface area (Å²) in [5.41, 5.74) is 0. The number of nitrogens with zero attached hydrogens (tertiary/aromatic N) is 1. The highest BCUT2D eigenvalue weighted by Crippen LogP contribution is 2.18. The van der Waals surface area contributed by atoms with Gasteiger partial charge in [0.25, 0.3) is 5.91 Å². The van der Waals surface area contributed by atoms with E-state index in [0.29, 0.717) is 17.3 Å². The molecule has 0 saturated carbocycles. The minimum Gasteiger partial charge on any atom is -0.481 e. The summed E-state index contributed by atoms with van der Waals surface area (Å²) in [5.74, 6) is 0.261. The molecule has 0 aliphatic rings. The normalized spacial score (nSPS) is 13.9. The zero-order chi connectivity index (χ0) is 15.1.